The summed E-state index contributed by atoms with van der Waals surface area (Å²) in [5.41, 5.74) is 4.31. The Labute approximate surface area is 142 Å². The van der Waals surface area contributed by atoms with Gasteiger partial charge in [0.05, 0.1) is 11.7 Å². The first kappa shape index (κ1) is 15.8. The first-order valence-electron chi connectivity index (χ1n) is 7.89. The van der Waals surface area contributed by atoms with Gasteiger partial charge in [-0.1, -0.05) is 54.6 Å². The number of rotatable bonds is 3. The second kappa shape index (κ2) is 7.01. The lowest BCUT2D eigenvalue weighted by molar-refractivity contribution is -0.216. The highest BCUT2D eigenvalue weighted by Gasteiger charge is 2.10. The normalized spacial score (nSPS) is 11.3. The fourth-order valence-electron chi connectivity index (χ4n) is 2.65. The van der Waals surface area contributed by atoms with Crippen molar-refractivity contribution in [2.75, 3.05) is 4.90 Å². The van der Waals surface area contributed by atoms with Gasteiger partial charge in [0.25, 0.3) is 0 Å². The molecule has 0 aliphatic rings. The Morgan fingerprint density at radius 1 is 0.708 bits per heavy atom. The number of aliphatic imine (C=N–C) groups is 1. The van der Waals surface area contributed by atoms with Crippen LogP contribution in [0.5, 0.6) is 0 Å². The van der Waals surface area contributed by atoms with Crippen molar-refractivity contribution < 1.29 is 5.11 Å². The van der Waals surface area contributed by atoms with E-state index >= 15 is 0 Å². The largest absolute Gasteiger partial charge is 0.845 e. The summed E-state index contributed by atoms with van der Waals surface area (Å²) >= 11 is 0. The van der Waals surface area contributed by atoms with Gasteiger partial charge >= 0.3 is 0 Å². The fraction of sp³-hybridized carbons (Fsp3) is 0.0952. The van der Waals surface area contributed by atoms with Gasteiger partial charge in [-0.2, -0.15) is 0 Å². The predicted octanol–water partition coefficient (Wildman–Crippen LogP) is 4.49. The van der Waals surface area contributed by atoms with E-state index < -0.39 is 0 Å². The molecule has 0 fully saturated rings. The van der Waals surface area contributed by atoms with Crippen LogP contribution in [0.2, 0.25) is 0 Å². The van der Waals surface area contributed by atoms with Gasteiger partial charge in [0, 0.05) is 11.4 Å². The summed E-state index contributed by atoms with van der Waals surface area (Å²) < 4.78 is 0. The molecule has 0 spiro atoms. The third kappa shape index (κ3) is 3.30. The van der Waals surface area contributed by atoms with Crippen LogP contribution in [0.1, 0.15) is 11.1 Å². The van der Waals surface area contributed by atoms with Gasteiger partial charge in [-0.05, 0) is 49.2 Å². The van der Waals surface area contributed by atoms with Crippen LogP contribution >= 0.6 is 0 Å². The SMILES string of the molecule is Cc1cccc(C)c1N=C([O-])N(c1ccccc1)c1ccccc1. The Morgan fingerprint density at radius 3 is 1.62 bits per heavy atom. The topological polar surface area (TPSA) is 38.7 Å². The standard InChI is InChI=1S/C21H20N2O/c1-16-10-9-11-17(2)20(16)22-21(24)23(18-12-5-3-6-13-18)19-14-7-4-8-15-19/h3-15H,1-2H3,(H,22,24)/p-1. The molecular formula is C21H19N2O-. The average molecular weight is 315 g/mol. The Hall–Kier alpha value is -3.07. The summed E-state index contributed by atoms with van der Waals surface area (Å²) in [6.07, 6.45) is 0. The Morgan fingerprint density at radius 2 is 1.17 bits per heavy atom. The first-order chi connectivity index (χ1) is 11.7. The van der Waals surface area contributed by atoms with Crippen molar-refractivity contribution in [2.24, 2.45) is 4.99 Å². The van der Waals surface area contributed by atoms with E-state index in [1.807, 2.05) is 92.7 Å². The minimum Gasteiger partial charge on any atom is -0.845 e. The smallest absolute Gasteiger partial charge is 0.0698 e. The third-order valence-electron chi connectivity index (χ3n) is 3.87. The molecule has 0 aliphatic carbocycles. The van der Waals surface area contributed by atoms with Crippen molar-refractivity contribution in [3.05, 3.63) is 90.0 Å². The van der Waals surface area contributed by atoms with Crippen molar-refractivity contribution in [3.8, 4) is 0 Å². The lowest BCUT2D eigenvalue weighted by atomic mass is 10.1. The summed E-state index contributed by atoms with van der Waals surface area (Å²) in [5, 5.41) is 13.0. The summed E-state index contributed by atoms with van der Waals surface area (Å²) in [4.78, 5) is 6.03. The van der Waals surface area contributed by atoms with Crippen molar-refractivity contribution in [1.29, 1.82) is 0 Å². The maximum atomic E-state index is 13.0. The molecule has 0 aliphatic heterocycles. The molecule has 3 rings (SSSR count). The molecule has 3 nitrogen and oxygen atoms in total. The summed E-state index contributed by atoms with van der Waals surface area (Å²) in [7, 11) is 0. The van der Waals surface area contributed by atoms with E-state index in [0.717, 1.165) is 28.2 Å². The molecule has 0 amide bonds. The summed E-state index contributed by atoms with van der Waals surface area (Å²) in [5.74, 6) is 0. The first-order valence-corrected chi connectivity index (χ1v) is 7.89. The van der Waals surface area contributed by atoms with E-state index in [9.17, 15) is 5.11 Å². The molecule has 3 heteroatoms. The maximum Gasteiger partial charge on any atom is 0.0698 e. The second-order valence-corrected chi connectivity index (χ2v) is 5.64. The summed E-state index contributed by atoms with van der Waals surface area (Å²) in [6, 6.07) is 24.8. The van der Waals surface area contributed by atoms with E-state index in [4.69, 9.17) is 0 Å². The second-order valence-electron chi connectivity index (χ2n) is 5.64. The van der Waals surface area contributed by atoms with Crippen LogP contribution in [0.3, 0.4) is 0 Å². The molecule has 3 aromatic rings. The van der Waals surface area contributed by atoms with Crippen LogP contribution in [0, 0.1) is 13.8 Å². The van der Waals surface area contributed by atoms with Crippen LogP contribution < -0.4 is 10.0 Å². The molecule has 3 aromatic carbocycles. The molecule has 24 heavy (non-hydrogen) atoms. The van der Waals surface area contributed by atoms with E-state index in [1.54, 1.807) is 4.90 Å². The Balaban J connectivity index is 2.11. The lowest BCUT2D eigenvalue weighted by Gasteiger charge is -2.30. The number of nitrogens with zero attached hydrogens (tertiary/aromatic N) is 2. The van der Waals surface area contributed by atoms with Gasteiger partial charge < -0.3 is 10.0 Å². The molecule has 0 saturated carbocycles. The molecule has 0 radical (unpaired) electrons. The number of benzene rings is 3. The van der Waals surface area contributed by atoms with Crippen LogP contribution in [-0.4, -0.2) is 6.02 Å². The zero-order valence-corrected chi connectivity index (χ0v) is 13.8. The van der Waals surface area contributed by atoms with E-state index in [-0.39, 0.29) is 6.02 Å². The highest BCUT2D eigenvalue weighted by Crippen LogP contribution is 2.28. The molecule has 120 valence electrons. The predicted molar refractivity (Wildman–Crippen MR) is 98.0 cm³/mol. The number of hydrogen-bond donors (Lipinski definition) is 0. The molecule has 0 saturated heterocycles. The van der Waals surface area contributed by atoms with Crippen molar-refractivity contribution in [1.82, 2.24) is 0 Å². The van der Waals surface area contributed by atoms with Gasteiger partial charge in [0.2, 0.25) is 0 Å². The zero-order valence-electron chi connectivity index (χ0n) is 13.8. The molecule has 0 unspecified atom stereocenters. The number of aryl methyl sites for hydroxylation is 2. The van der Waals surface area contributed by atoms with E-state index in [0.29, 0.717) is 0 Å². The molecular weight excluding hydrogens is 296 g/mol. The number of anilines is 2. The van der Waals surface area contributed by atoms with Crippen molar-refractivity contribution in [2.45, 2.75) is 13.8 Å². The van der Waals surface area contributed by atoms with Gasteiger partial charge in [0.15, 0.2) is 0 Å². The van der Waals surface area contributed by atoms with Gasteiger partial charge in [-0.25, -0.2) is 4.99 Å². The fourth-order valence-corrected chi connectivity index (χ4v) is 2.65. The van der Waals surface area contributed by atoms with Crippen LogP contribution in [0.15, 0.2) is 83.9 Å². The summed E-state index contributed by atoms with van der Waals surface area (Å²) in [6.45, 7) is 3.93. The highest BCUT2D eigenvalue weighted by atomic mass is 16.3. The monoisotopic (exact) mass is 315 g/mol. The highest BCUT2D eigenvalue weighted by molar-refractivity contribution is 5.98. The zero-order chi connectivity index (χ0) is 16.9. The van der Waals surface area contributed by atoms with Gasteiger partial charge in [-0.15, -0.1) is 0 Å². The molecule has 0 aromatic heterocycles. The Kier molecular flexibility index (Phi) is 4.62. The van der Waals surface area contributed by atoms with Crippen molar-refractivity contribution in [3.63, 3.8) is 0 Å². The maximum absolute atomic E-state index is 13.0. The van der Waals surface area contributed by atoms with Crippen LogP contribution in [0.25, 0.3) is 0 Å². The quantitative estimate of drug-likeness (QED) is 0.527. The average Bonchev–Trinajstić information content (AvgIpc) is 2.60. The van der Waals surface area contributed by atoms with Gasteiger partial charge in [-0.3, -0.25) is 0 Å². The third-order valence-corrected chi connectivity index (χ3v) is 3.87. The van der Waals surface area contributed by atoms with Gasteiger partial charge in [0.1, 0.15) is 0 Å². The Bertz CT molecular complexity index is 782. The molecule has 0 bridgehead atoms. The molecule has 0 heterocycles. The number of amidine groups is 1. The van der Waals surface area contributed by atoms with E-state index in [2.05, 4.69) is 4.99 Å². The molecule has 0 atom stereocenters. The minimum atomic E-state index is -0.301. The molecule has 0 N–H and O–H groups in total. The van der Waals surface area contributed by atoms with E-state index in [1.165, 1.54) is 0 Å². The van der Waals surface area contributed by atoms with Crippen LogP contribution in [-0.2, 0) is 0 Å². The number of hydrogen-bond acceptors (Lipinski definition) is 2. The number of para-hydroxylation sites is 3. The van der Waals surface area contributed by atoms with Crippen molar-refractivity contribution >= 4 is 23.1 Å². The lowest BCUT2D eigenvalue weighted by Crippen LogP contribution is -2.36. The van der Waals surface area contributed by atoms with Crippen LogP contribution in [0.4, 0.5) is 17.1 Å². The minimum absolute atomic E-state index is 0.301.